The number of aromatic nitrogens is 1. The Balaban J connectivity index is 1.76. The quantitative estimate of drug-likeness (QED) is 0.910. The van der Waals surface area contributed by atoms with Gasteiger partial charge >= 0.3 is 0 Å². The Morgan fingerprint density at radius 3 is 3.15 bits per heavy atom. The van der Waals surface area contributed by atoms with Crippen LogP contribution in [0.1, 0.15) is 25.3 Å². The van der Waals surface area contributed by atoms with Gasteiger partial charge in [-0.3, -0.25) is 4.90 Å². The molecule has 0 saturated carbocycles. The largest absolute Gasteiger partial charge is 0.361 e. The van der Waals surface area contributed by atoms with E-state index < -0.39 is 0 Å². The Labute approximate surface area is 125 Å². The molecule has 1 aliphatic rings. The van der Waals surface area contributed by atoms with Gasteiger partial charge in [0.1, 0.15) is 0 Å². The minimum Gasteiger partial charge on any atom is -0.361 e. The molecule has 2 heterocycles. The minimum absolute atomic E-state index is 0.291. The summed E-state index contributed by atoms with van der Waals surface area (Å²) in [6.45, 7) is 5.40. The van der Waals surface area contributed by atoms with Crippen LogP contribution in [0.15, 0.2) is 24.4 Å². The zero-order valence-corrected chi connectivity index (χ0v) is 12.7. The van der Waals surface area contributed by atoms with Crippen molar-refractivity contribution in [2.75, 3.05) is 13.1 Å². The van der Waals surface area contributed by atoms with E-state index in [2.05, 4.69) is 29.1 Å². The number of hydrogen-bond acceptors (Lipinski definition) is 2. The molecule has 2 aromatic rings. The third kappa shape index (κ3) is 2.85. The van der Waals surface area contributed by atoms with Crippen LogP contribution in [0.4, 0.5) is 0 Å². The van der Waals surface area contributed by atoms with Crippen molar-refractivity contribution in [2.45, 2.75) is 32.4 Å². The van der Waals surface area contributed by atoms with Crippen LogP contribution in [0.5, 0.6) is 0 Å². The van der Waals surface area contributed by atoms with E-state index in [9.17, 15) is 0 Å². The SMILES string of the molecule is CC(N)C1CCCN(Cc2c[nH]c3cc(Cl)ccc23)C1. The Morgan fingerprint density at radius 2 is 2.35 bits per heavy atom. The first-order valence-corrected chi connectivity index (χ1v) is 7.75. The predicted molar refractivity (Wildman–Crippen MR) is 85.0 cm³/mol. The van der Waals surface area contributed by atoms with Crippen molar-refractivity contribution in [2.24, 2.45) is 11.7 Å². The zero-order valence-electron chi connectivity index (χ0n) is 11.9. The first-order valence-electron chi connectivity index (χ1n) is 7.37. The summed E-state index contributed by atoms with van der Waals surface area (Å²) < 4.78 is 0. The number of nitrogens with one attached hydrogen (secondary N) is 1. The van der Waals surface area contributed by atoms with Gasteiger partial charge < -0.3 is 10.7 Å². The first kappa shape index (κ1) is 13.9. The predicted octanol–water partition coefficient (Wildman–Crippen LogP) is 3.38. The molecule has 0 radical (unpaired) electrons. The highest BCUT2D eigenvalue weighted by molar-refractivity contribution is 6.31. The summed E-state index contributed by atoms with van der Waals surface area (Å²) in [6.07, 6.45) is 4.62. The molecule has 1 aliphatic heterocycles. The number of likely N-dealkylation sites (tertiary alicyclic amines) is 1. The topological polar surface area (TPSA) is 45.0 Å². The molecule has 3 rings (SSSR count). The third-order valence-corrected chi connectivity index (χ3v) is 4.64. The van der Waals surface area contributed by atoms with Crippen LogP contribution in [0.25, 0.3) is 10.9 Å². The van der Waals surface area contributed by atoms with Crippen molar-refractivity contribution in [1.82, 2.24) is 9.88 Å². The fourth-order valence-electron chi connectivity index (χ4n) is 3.19. The highest BCUT2D eigenvalue weighted by atomic mass is 35.5. The lowest BCUT2D eigenvalue weighted by molar-refractivity contribution is 0.155. The molecular weight excluding hydrogens is 270 g/mol. The van der Waals surface area contributed by atoms with Crippen molar-refractivity contribution in [3.8, 4) is 0 Å². The van der Waals surface area contributed by atoms with Gasteiger partial charge in [0.05, 0.1) is 0 Å². The number of hydrogen-bond donors (Lipinski definition) is 2. The van der Waals surface area contributed by atoms with Crippen LogP contribution >= 0.6 is 11.6 Å². The molecular formula is C16H22ClN3. The van der Waals surface area contributed by atoms with Crippen molar-refractivity contribution < 1.29 is 0 Å². The second kappa shape index (κ2) is 5.76. The van der Waals surface area contributed by atoms with Gasteiger partial charge in [-0.25, -0.2) is 0 Å². The maximum Gasteiger partial charge on any atom is 0.0472 e. The lowest BCUT2D eigenvalue weighted by Crippen LogP contribution is -2.41. The number of fused-ring (bicyclic) bond motifs is 1. The van der Waals surface area contributed by atoms with Crippen molar-refractivity contribution in [1.29, 1.82) is 0 Å². The van der Waals surface area contributed by atoms with Gasteiger partial charge in [0.2, 0.25) is 0 Å². The molecule has 2 unspecified atom stereocenters. The molecule has 108 valence electrons. The standard InChI is InChI=1S/C16H22ClN3/c1-11(18)12-3-2-6-20(9-12)10-13-8-19-16-7-14(17)4-5-15(13)16/h4-5,7-8,11-12,19H,2-3,6,9-10,18H2,1H3. The van der Waals surface area contributed by atoms with Crippen molar-refractivity contribution in [3.05, 3.63) is 35.0 Å². The van der Waals surface area contributed by atoms with Gasteiger partial charge in [0.15, 0.2) is 0 Å². The molecule has 4 heteroatoms. The molecule has 2 atom stereocenters. The van der Waals surface area contributed by atoms with Crippen LogP contribution in [0.3, 0.4) is 0 Å². The Hall–Kier alpha value is -1.03. The van der Waals surface area contributed by atoms with Crippen LogP contribution < -0.4 is 5.73 Å². The molecule has 1 aromatic heterocycles. The smallest absolute Gasteiger partial charge is 0.0472 e. The molecule has 1 saturated heterocycles. The highest BCUT2D eigenvalue weighted by Gasteiger charge is 2.23. The Morgan fingerprint density at radius 1 is 1.50 bits per heavy atom. The lowest BCUT2D eigenvalue weighted by Gasteiger charge is -2.34. The second-order valence-corrected chi connectivity index (χ2v) is 6.44. The van der Waals surface area contributed by atoms with E-state index in [1.54, 1.807) is 0 Å². The number of rotatable bonds is 3. The van der Waals surface area contributed by atoms with E-state index in [4.69, 9.17) is 17.3 Å². The summed E-state index contributed by atoms with van der Waals surface area (Å²) in [7, 11) is 0. The van der Waals surface area contributed by atoms with E-state index in [-0.39, 0.29) is 0 Å². The number of halogens is 1. The van der Waals surface area contributed by atoms with E-state index >= 15 is 0 Å². The van der Waals surface area contributed by atoms with Gasteiger partial charge in [-0.15, -0.1) is 0 Å². The Kier molecular flexibility index (Phi) is 4.01. The van der Waals surface area contributed by atoms with Gasteiger partial charge in [-0.1, -0.05) is 17.7 Å². The summed E-state index contributed by atoms with van der Waals surface area (Å²) in [5, 5.41) is 2.05. The average molecular weight is 292 g/mol. The summed E-state index contributed by atoms with van der Waals surface area (Å²) >= 11 is 6.03. The van der Waals surface area contributed by atoms with Crippen LogP contribution in [-0.2, 0) is 6.54 Å². The van der Waals surface area contributed by atoms with E-state index in [0.717, 1.165) is 23.6 Å². The van der Waals surface area contributed by atoms with E-state index in [0.29, 0.717) is 12.0 Å². The third-order valence-electron chi connectivity index (χ3n) is 4.41. The molecule has 0 aliphatic carbocycles. The zero-order chi connectivity index (χ0) is 14.1. The number of benzene rings is 1. The second-order valence-electron chi connectivity index (χ2n) is 6.00. The van der Waals surface area contributed by atoms with Gasteiger partial charge in [-0.05, 0) is 49.9 Å². The highest BCUT2D eigenvalue weighted by Crippen LogP contribution is 2.25. The molecule has 0 amide bonds. The molecule has 0 spiro atoms. The Bertz CT molecular complexity index is 590. The van der Waals surface area contributed by atoms with Crippen LogP contribution in [0, 0.1) is 5.92 Å². The monoisotopic (exact) mass is 291 g/mol. The van der Waals surface area contributed by atoms with Crippen molar-refractivity contribution >= 4 is 22.5 Å². The molecule has 0 bridgehead atoms. The van der Waals surface area contributed by atoms with E-state index in [1.165, 1.54) is 30.3 Å². The number of aromatic amines is 1. The molecule has 1 aromatic carbocycles. The van der Waals surface area contributed by atoms with Gasteiger partial charge in [-0.2, -0.15) is 0 Å². The molecule has 3 N–H and O–H groups in total. The summed E-state index contributed by atoms with van der Waals surface area (Å²) in [5.74, 6) is 0.628. The summed E-state index contributed by atoms with van der Waals surface area (Å²) in [4.78, 5) is 5.84. The average Bonchev–Trinajstić information content (AvgIpc) is 2.81. The number of nitrogens with zero attached hydrogens (tertiary/aromatic N) is 1. The first-order chi connectivity index (χ1) is 9.63. The van der Waals surface area contributed by atoms with E-state index in [1.807, 2.05) is 12.1 Å². The number of piperidine rings is 1. The molecule has 20 heavy (non-hydrogen) atoms. The fraction of sp³-hybridized carbons (Fsp3) is 0.500. The summed E-state index contributed by atoms with van der Waals surface area (Å²) in [6, 6.07) is 6.35. The van der Waals surface area contributed by atoms with Gasteiger partial charge in [0, 0.05) is 41.3 Å². The van der Waals surface area contributed by atoms with Crippen molar-refractivity contribution in [3.63, 3.8) is 0 Å². The van der Waals surface area contributed by atoms with Gasteiger partial charge in [0.25, 0.3) is 0 Å². The lowest BCUT2D eigenvalue weighted by atomic mass is 9.92. The van der Waals surface area contributed by atoms with Crippen LogP contribution in [0.2, 0.25) is 5.02 Å². The maximum atomic E-state index is 6.06. The van der Waals surface area contributed by atoms with Crippen LogP contribution in [-0.4, -0.2) is 29.0 Å². The number of H-pyrrole nitrogens is 1. The molecule has 1 fully saturated rings. The number of nitrogens with two attached hydrogens (primary N) is 1. The minimum atomic E-state index is 0.291. The fourth-order valence-corrected chi connectivity index (χ4v) is 3.37. The normalized spacial score (nSPS) is 22.2. The summed E-state index contributed by atoms with van der Waals surface area (Å²) in [5.41, 5.74) is 8.53. The maximum absolute atomic E-state index is 6.06. The molecule has 3 nitrogen and oxygen atoms in total.